The van der Waals surface area contributed by atoms with E-state index in [9.17, 15) is 4.79 Å². The standard InChI is InChI=1S/C16H21N3O3S/c1-5-22-12-8-10(6-7-11(12)21-4)14-13(15(20)17-3)9(2)18-16(23)19-14/h6-8,14H,5H2,1-4H3,(H,17,20)(H2,18,19,23). The molecular formula is C16H21N3O3S. The summed E-state index contributed by atoms with van der Waals surface area (Å²) in [6.45, 7) is 4.26. The van der Waals surface area contributed by atoms with Crippen LogP contribution in [0, 0.1) is 0 Å². The predicted octanol–water partition coefficient (Wildman–Crippen LogP) is 1.63. The van der Waals surface area contributed by atoms with Crippen molar-refractivity contribution in [3.63, 3.8) is 0 Å². The highest BCUT2D eigenvalue weighted by atomic mass is 32.1. The molecule has 0 fully saturated rings. The van der Waals surface area contributed by atoms with Crippen LogP contribution in [0.25, 0.3) is 0 Å². The van der Waals surface area contributed by atoms with Gasteiger partial charge in [-0.3, -0.25) is 4.79 Å². The topological polar surface area (TPSA) is 71.6 Å². The zero-order chi connectivity index (χ0) is 17.0. The smallest absolute Gasteiger partial charge is 0.251 e. The molecule has 0 saturated heterocycles. The molecule has 3 N–H and O–H groups in total. The first-order valence-electron chi connectivity index (χ1n) is 7.32. The van der Waals surface area contributed by atoms with Gasteiger partial charge in [0.15, 0.2) is 16.6 Å². The number of carbonyl (C=O) groups is 1. The Kier molecular flexibility index (Phi) is 5.44. The molecule has 1 aromatic rings. The summed E-state index contributed by atoms with van der Waals surface area (Å²) in [7, 11) is 3.20. The molecule has 0 spiro atoms. The summed E-state index contributed by atoms with van der Waals surface area (Å²) in [5, 5.41) is 9.28. The molecule has 0 radical (unpaired) electrons. The minimum Gasteiger partial charge on any atom is -0.493 e. The van der Waals surface area contributed by atoms with Gasteiger partial charge in [-0.2, -0.15) is 0 Å². The van der Waals surface area contributed by atoms with Crippen molar-refractivity contribution < 1.29 is 14.3 Å². The fraction of sp³-hybridized carbons (Fsp3) is 0.375. The third-order valence-electron chi connectivity index (χ3n) is 3.56. The zero-order valence-corrected chi connectivity index (χ0v) is 14.5. The summed E-state index contributed by atoms with van der Waals surface area (Å²) >= 11 is 5.22. The average Bonchev–Trinajstić information content (AvgIpc) is 2.53. The van der Waals surface area contributed by atoms with Crippen LogP contribution in [0.5, 0.6) is 11.5 Å². The van der Waals surface area contributed by atoms with Crippen molar-refractivity contribution in [2.75, 3.05) is 20.8 Å². The first kappa shape index (κ1) is 17.1. The fourth-order valence-electron chi connectivity index (χ4n) is 2.52. The number of methoxy groups -OCH3 is 1. The summed E-state index contributed by atoms with van der Waals surface area (Å²) in [5.41, 5.74) is 2.19. The SMILES string of the molecule is CCOc1cc(C2NC(=S)NC(C)=C2C(=O)NC)ccc1OC. The maximum Gasteiger partial charge on any atom is 0.251 e. The molecule has 0 aromatic heterocycles. The number of hydrogen-bond acceptors (Lipinski definition) is 4. The van der Waals surface area contributed by atoms with Crippen molar-refractivity contribution in [1.82, 2.24) is 16.0 Å². The predicted molar refractivity (Wildman–Crippen MR) is 92.5 cm³/mol. The Bertz CT molecular complexity index is 658. The Morgan fingerprint density at radius 1 is 1.39 bits per heavy atom. The van der Waals surface area contributed by atoms with Gasteiger partial charge in [-0.05, 0) is 43.8 Å². The molecule has 6 nitrogen and oxygen atoms in total. The second-order valence-corrected chi connectivity index (χ2v) is 5.40. The summed E-state index contributed by atoms with van der Waals surface area (Å²) < 4.78 is 10.9. The normalized spacial score (nSPS) is 17.2. The summed E-state index contributed by atoms with van der Waals surface area (Å²) in [6.07, 6.45) is 0. The number of benzene rings is 1. The molecule has 124 valence electrons. The monoisotopic (exact) mass is 335 g/mol. The summed E-state index contributed by atoms with van der Waals surface area (Å²) in [6, 6.07) is 5.23. The van der Waals surface area contributed by atoms with E-state index in [1.165, 1.54) is 0 Å². The van der Waals surface area contributed by atoms with Gasteiger partial charge in [0, 0.05) is 12.7 Å². The maximum absolute atomic E-state index is 12.3. The second-order valence-electron chi connectivity index (χ2n) is 4.99. The van der Waals surface area contributed by atoms with Crippen LogP contribution in [0.1, 0.15) is 25.5 Å². The minimum absolute atomic E-state index is 0.163. The van der Waals surface area contributed by atoms with E-state index in [0.717, 1.165) is 11.3 Å². The van der Waals surface area contributed by atoms with Crippen LogP contribution in [-0.2, 0) is 4.79 Å². The van der Waals surface area contributed by atoms with Crippen molar-refractivity contribution in [2.24, 2.45) is 0 Å². The van der Waals surface area contributed by atoms with E-state index < -0.39 is 0 Å². The molecule has 23 heavy (non-hydrogen) atoms. The lowest BCUT2D eigenvalue weighted by Gasteiger charge is -2.30. The second kappa shape index (κ2) is 7.32. The Morgan fingerprint density at radius 3 is 2.74 bits per heavy atom. The highest BCUT2D eigenvalue weighted by molar-refractivity contribution is 7.80. The third-order valence-corrected chi connectivity index (χ3v) is 3.78. The van der Waals surface area contributed by atoms with Crippen molar-refractivity contribution in [3.05, 3.63) is 35.0 Å². The zero-order valence-electron chi connectivity index (χ0n) is 13.6. The lowest BCUT2D eigenvalue weighted by molar-refractivity contribution is -0.117. The van der Waals surface area contributed by atoms with Crippen LogP contribution in [0.3, 0.4) is 0 Å². The number of thiocarbonyl (C=S) groups is 1. The molecule has 1 aliphatic rings. The third kappa shape index (κ3) is 3.56. The Balaban J connectivity index is 2.49. The molecular weight excluding hydrogens is 314 g/mol. The Labute approximate surface area is 141 Å². The molecule has 1 heterocycles. The van der Waals surface area contributed by atoms with Gasteiger partial charge in [0.25, 0.3) is 5.91 Å². The number of rotatable bonds is 5. The molecule has 1 aliphatic heterocycles. The van der Waals surface area contributed by atoms with Gasteiger partial charge in [0.05, 0.1) is 25.3 Å². The van der Waals surface area contributed by atoms with Gasteiger partial charge in [0.2, 0.25) is 0 Å². The number of likely N-dealkylation sites (N-methyl/N-ethyl adjacent to an activating group) is 1. The van der Waals surface area contributed by atoms with Gasteiger partial charge in [-0.15, -0.1) is 0 Å². The molecule has 1 amide bonds. The van der Waals surface area contributed by atoms with Crippen LogP contribution >= 0.6 is 12.2 Å². The number of amides is 1. The van der Waals surface area contributed by atoms with E-state index in [1.54, 1.807) is 14.2 Å². The highest BCUT2D eigenvalue weighted by Gasteiger charge is 2.29. The van der Waals surface area contributed by atoms with Crippen LogP contribution in [0.15, 0.2) is 29.5 Å². The lowest BCUT2D eigenvalue weighted by atomic mass is 9.94. The Morgan fingerprint density at radius 2 is 2.13 bits per heavy atom. The first-order chi connectivity index (χ1) is 11.0. The van der Waals surface area contributed by atoms with Crippen LogP contribution in [-0.4, -0.2) is 31.8 Å². The van der Waals surface area contributed by atoms with Crippen LogP contribution in [0.4, 0.5) is 0 Å². The Hall–Kier alpha value is -2.28. The summed E-state index contributed by atoms with van der Waals surface area (Å²) in [4.78, 5) is 12.3. The quantitative estimate of drug-likeness (QED) is 0.711. The van der Waals surface area contributed by atoms with Gasteiger partial charge >= 0.3 is 0 Å². The molecule has 0 aliphatic carbocycles. The number of carbonyl (C=O) groups excluding carboxylic acids is 1. The molecule has 0 bridgehead atoms. The minimum atomic E-state index is -0.353. The first-order valence-corrected chi connectivity index (χ1v) is 7.73. The van der Waals surface area contributed by atoms with Gasteiger partial charge in [-0.1, -0.05) is 6.07 Å². The van der Waals surface area contributed by atoms with E-state index in [-0.39, 0.29) is 11.9 Å². The van der Waals surface area contributed by atoms with Gasteiger partial charge in [-0.25, -0.2) is 0 Å². The number of nitrogens with one attached hydrogen (secondary N) is 3. The number of hydrogen-bond donors (Lipinski definition) is 3. The highest BCUT2D eigenvalue weighted by Crippen LogP contribution is 2.34. The van der Waals surface area contributed by atoms with E-state index in [1.807, 2.05) is 32.0 Å². The van der Waals surface area contributed by atoms with E-state index in [4.69, 9.17) is 21.7 Å². The van der Waals surface area contributed by atoms with E-state index in [0.29, 0.717) is 28.8 Å². The molecule has 1 unspecified atom stereocenters. The van der Waals surface area contributed by atoms with Gasteiger partial charge in [0.1, 0.15) is 0 Å². The molecule has 2 rings (SSSR count). The van der Waals surface area contributed by atoms with Gasteiger partial charge < -0.3 is 25.4 Å². The van der Waals surface area contributed by atoms with Crippen LogP contribution in [0.2, 0.25) is 0 Å². The van der Waals surface area contributed by atoms with Crippen molar-refractivity contribution >= 4 is 23.2 Å². The fourth-order valence-corrected chi connectivity index (χ4v) is 2.79. The summed E-state index contributed by atoms with van der Waals surface area (Å²) in [5.74, 6) is 1.12. The number of ether oxygens (including phenoxy) is 2. The van der Waals surface area contributed by atoms with E-state index >= 15 is 0 Å². The number of allylic oxidation sites excluding steroid dienone is 1. The maximum atomic E-state index is 12.3. The average molecular weight is 335 g/mol. The lowest BCUT2D eigenvalue weighted by Crippen LogP contribution is -2.46. The van der Waals surface area contributed by atoms with Crippen molar-refractivity contribution in [1.29, 1.82) is 0 Å². The molecule has 1 atom stereocenters. The van der Waals surface area contributed by atoms with E-state index in [2.05, 4.69) is 16.0 Å². The molecule has 1 aromatic carbocycles. The molecule has 0 saturated carbocycles. The molecule has 7 heteroatoms. The van der Waals surface area contributed by atoms with Crippen LogP contribution < -0.4 is 25.4 Å². The van der Waals surface area contributed by atoms with Crippen molar-refractivity contribution in [3.8, 4) is 11.5 Å². The largest absolute Gasteiger partial charge is 0.493 e. The van der Waals surface area contributed by atoms with Crippen molar-refractivity contribution in [2.45, 2.75) is 19.9 Å².